The predicted molar refractivity (Wildman–Crippen MR) is 82.2 cm³/mol. The molecule has 6 heteroatoms. The summed E-state index contributed by atoms with van der Waals surface area (Å²) in [6.07, 6.45) is 1.20. The summed E-state index contributed by atoms with van der Waals surface area (Å²) in [5, 5.41) is 0. The molecule has 0 bridgehead atoms. The van der Waals surface area contributed by atoms with Gasteiger partial charge in [-0.3, -0.25) is 0 Å². The van der Waals surface area contributed by atoms with Crippen LogP contribution in [0.2, 0.25) is 0 Å². The number of hydrogen-bond acceptors (Lipinski definition) is 4. The van der Waals surface area contributed by atoms with Crippen molar-refractivity contribution in [1.29, 1.82) is 0 Å². The van der Waals surface area contributed by atoms with Crippen LogP contribution in [0, 0.1) is 0 Å². The van der Waals surface area contributed by atoms with Crippen molar-refractivity contribution < 1.29 is 8.42 Å². The van der Waals surface area contributed by atoms with Crippen molar-refractivity contribution in [3.05, 3.63) is 46.9 Å². The molecule has 0 radical (unpaired) electrons. The summed E-state index contributed by atoms with van der Waals surface area (Å²) in [4.78, 5) is 2.21. The van der Waals surface area contributed by atoms with Crippen molar-refractivity contribution in [3.63, 3.8) is 0 Å². The van der Waals surface area contributed by atoms with Gasteiger partial charge < -0.3 is 5.73 Å². The van der Waals surface area contributed by atoms with E-state index in [2.05, 4.69) is 15.9 Å². The summed E-state index contributed by atoms with van der Waals surface area (Å²) in [5.41, 5.74) is 6.61. The van der Waals surface area contributed by atoms with Gasteiger partial charge in [0, 0.05) is 26.2 Å². The summed E-state index contributed by atoms with van der Waals surface area (Å²) in [6.45, 7) is 0. The van der Waals surface area contributed by atoms with E-state index in [1.165, 1.54) is 18.0 Å². The average molecular weight is 358 g/mol. The molecule has 0 aromatic heterocycles. The van der Waals surface area contributed by atoms with E-state index in [4.69, 9.17) is 5.73 Å². The zero-order valence-electron chi connectivity index (χ0n) is 10.1. The number of nitrogens with two attached hydrogens (primary N) is 1. The Morgan fingerprint density at radius 1 is 1.11 bits per heavy atom. The fourth-order valence-corrected chi connectivity index (χ4v) is 3.34. The Kier molecular flexibility index (Phi) is 4.23. The number of nitrogen functional groups attached to an aromatic ring is 1. The Balaban J connectivity index is 2.25. The van der Waals surface area contributed by atoms with E-state index in [1.807, 2.05) is 18.2 Å². The fraction of sp³-hybridized carbons (Fsp3) is 0.0769. The van der Waals surface area contributed by atoms with E-state index < -0.39 is 9.84 Å². The molecule has 2 rings (SSSR count). The summed E-state index contributed by atoms with van der Waals surface area (Å²) in [7, 11) is -3.15. The first-order chi connectivity index (χ1) is 8.86. The molecule has 100 valence electrons. The van der Waals surface area contributed by atoms with E-state index in [1.54, 1.807) is 24.3 Å². The zero-order valence-corrected chi connectivity index (χ0v) is 13.3. The second-order valence-corrected chi connectivity index (χ2v) is 8.07. The smallest absolute Gasteiger partial charge is 0.175 e. The van der Waals surface area contributed by atoms with Crippen LogP contribution < -0.4 is 5.73 Å². The van der Waals surface area contributed by atoms with Gasteiger partial charge in [-0.05, 0) is 42.5 Å². The van der Waals surface area contributed by atoms with Crippen molar-refractivity contribution >= 4 is 43.2 Å². The minimum absolute atomic E-state index is 0.320. The second-order valence-electron chi connectivity index (χ2n) is 4.03. The highest BCUT2D eigenvalue weighted by molar-refractivity contribution is 9.10. The highest BCUT2D eigenvalue weighted by Crippen LogP contribution is 2.33. The van der Waals surface area contributed by atoms with E-state index in [9.17, 15) is 8.42 Å². The molecule has 0 fully saturated rings. The van der Waals surface area contributed by atoms with Crippen LogP contribution in [0.25, 0.3) is 0 Å². The SMILES string of the molecule is CS(=O)(=O)c1ccc(Sc2ccc(Br)cc2N)cc1. The van der Waals surface area contributed by atoms with Crippen molar-refractivity contribution in [3.8, 4) is 0 Å². The molecule has 2 N–H and O–H groups in total. The molecule has 0 aliphatic heterocycles. The lowest BCUT2D eigenvalue weighted by Crippen LogP contribution is -1.96. The van der Waals surface area contributed by atoms with Crippen molar-refractivity contribution in [1.82, 2.24) is 0 Å². The van der Waals surface area contributed by atoms with Gasteiger partial charge in [-0.15, -0.1) is 0 Å². The molecule has 0 aliphatic rings. The fourth-order valence-electron chi connectivity index (χ4n) is 1.49. The van der Waals surface area contributed by atoms with Gasteiger partial charge in [0.2, 0.25) is 0 Å². The largest absolute Gasteiger partial charge is 0.398 e. The normalized spacial score (nSPS) is 11.5. The van der Waals surface area contributed by atoms with Crippen LogP contribution >= 0.6 is 27.7 Å². The first kappa shape index (κ1) is 14.4. The first-order valence-electron chi connectivity index (χ1n) is 5.39. The van der Waals surface area contributed by atoms with Gasteiger partial charge in [-0.2, -0.15) is 0 Å². The molecule has 3 nitrogen and oxygen atoms in total. The summed E-state index contributed by atoms with van der Waals surface area (Å²) >= 11 is 4.86. The van der Waals surface area contributed by atoms with Crippen LogP contribution in [0.5, 0.6) is 0 Å². The van der Waals surface area contributed by atoms with Gasteiger partial charge in [0.1, 0.15) is 0 Å². The maximum absolute atomic E-state index is 11.4. The number of rotatable bonds is 3. The average Bonchev–Trinajstić information content (AvgIpc) is 2.32. The zero-order chi connectivity index (χ0) is 14.0. The van der Waals surface area contributed by atoms with Crippen LogP contribution in [0.1, 0.15) is 0 Å². The number of halogens is 1. The van der Waals surface area contributed by atoms with E-state index >= 15 is 0 Å². The van der Waals surface area contributed by atoms with Gasteiger partial charge in [-0.1, -0.05) is 27.7 Å². The van der Waals surface area contributed by atoms with Crippen LogP contribution in [0.15, 0.2) is 61.6 Å². The molecule has 0 spiro atoms. The third kappa shape index (κ3) is 3.75. The van der Waals surface area contributed by atoms with Gasteiger partial charge in [-0.25, -0.2) is 8.42 Å². The molecule has 0 saturated heterocycles. The molecular formula is C13H12BrNO2S2. The van der Waals surface area contributed by atoms with Gasteiger partial charge >= 0.3 is 0 Å². The first-order valence-corrected chi connectivity index (χ1v) is 8.89. The monoisotopic (exact) mass is 357 g/mol. The lowest BCUT2D eigenvalue weighted by atomic mass is 10.3. The van der Waals surface area contributed by atoms with Gasteiger partial charge in [0.15, 0.2) is 9.84 Å². The highest BCUT2D eigenvalue weighted by Gasteiger charge is 2.07. The van der Waals surface area contributed by atoms with Crippen LogP contribution in [0.3, 0.4) is 0 Å². The second kappa shape index (κ2) is 5.56. The van der Waals surface area contributed by atoms with Crippen molar-refractivity contribution in [2.45, 2.75) is 14.7 Å². The maximum Gasteiger partial charge on any atom is 0.175 e. The van der Waals surface area contributed by atoms with Gasteiger partial charge in [0.05, 0.1) is 4.90 Å². The lowest BCUT2D eigenvalue weighted by Gasteiger charge is -2.06. The molecule has 0 heterocycles. The molecule has 0 atom stereocenters. The Morgan fingerprint density at radius 2 is 1.74 bits per heavy atom. The summed E-state index contributed by atoms with van der Waals surface area (Å²) in [6, 6.07) is 12.5. The van der Waals surface area contributed by atoms with Crippen LogP contribution in [0.4, 0.5) is 5.69 Å². The molecule has 2 aromatic rings. The number of benzene rings is 2. The topological polar surface area (TPSA) is 60.2 Å². The molecule has 0 saturated carbocycles. The minimum Gasteiger partial charge on any atom is -0.398 e. The highest BCUT2D eigenvalue weighted by atomic mass is 79.9. The summed E-state index contributed by atoms with van der Waals surface area (Å²) in [5.74, 6) is 0. The van der Waals surface area contributed by atoms with Gasteiger partial charge in [0.25, 0.3) is 0 Å². The standard InChI is InChI=1S/C13H12BrNO2S2/c1-19(16,17)11-5-3-10(4-6-11)18-13-7-2-9(14)8-12(13)15/h2-8H,15H2,1H3. The quantitative estimate of drug-likeness (QED) is 0.852. The molecule has 19 heavy (non-hydrogen) atoms. The Bertz CT molecular complexity index is 697. The minimum atomic E-state index is -3.15. The maximum atomic E-state index is 11.4. The number of hydrogen-bond donors (Lipinski definition) is 1. The number of anilines is 1. The van der Waals surface area contributed by atoms with E-state index in [-0.39, 0.29) is 0 Å². The third-order valence-electron chi connectivity index (χ3n) is 2.45. The Hall–Kier alpha value is -0.980. The Labute approximate surface area is 125 Å². The summed E-state index contributed by atoms with van der Waals surface area (Å²) < 4.78 is 23.7. The molecule has 0 aliphatic carbocycles. The molecule has 0 amide bonds. The molecule has 0 unspecified atom stereocenters. The Morgan fingerprint density at radius 3 is 2.26 bits per heavy atom. The molecule has 2 aromatic carbocycles. The van der Waals surface area contributed by atoms with E-state index in [0.29, 0.717) is 10.6 Å². The number of sulfone groups is 1. The van der Waals surface area contributed by atoms with Crippen LogP contribution in [-0.4, -0.2) is 14.7 Å². The van der Waals surface area contributed by atoms with Crippen molar-refractivity contribution in [2.75, 3.05) is 12.0 Å². The third-order valence-corrected chi connectivity index (χ3v) is 5.17. The van der Waals surface area contributed by atoms with Crippen molar-refractivity contribution in [2.24, 2.45) is 0 Å². The predicted octanol–water partition coefficient (Wildman–Crippen LogP) is 3.59. The van der Waals surface area contributed by atoms with E-state index in [0.717, 1.165) is 14.3 Å². The lowest BCUT2D eigenvalue weighted by molar-refractivity contribution is 0.602. The molecular weight excluding hydrogens is 346 g/mol. The van der Waals surface area contributed by atoms with Crippen LogP contribution in [-0.2, 0) is 9.84 Å².